The summed E-state index contributed by atoms with van der Waals surface area (Å²) < 4.78 is 5.19. The van der Waals surface area contributed by atoms with Crippen LogP contribution in [0.2, 0.25) is 0 Å². The predicted molar refractivity (Wildman–Crippen MR) is 58.5 cm³/mol. The Morgan fingerprint density at radius 2 is 2.00 bits per heavy atom. The number of hydrogen-bond donors (Lipinski definition) is 2. The Labute approximate surface area is 93.0 Å². The van der Waals surface area contributed by atoms with E-state index in [1.807, 2.05) is 0 Å². The molecule has 0 spiro atoms. The molecule has 16 heavy (non-hydrogen) atoms. The van der Waals surface area contributed by atoms with Gasteiger partial charge in [-0.05, 0) is 19.1 Å². The van der Waals surface area contributed by atoms with E-state index in [1.54, 1.807) is 24.3 Å². The van der Waals surface area contributed by atoms with Crippen LogP contribution in [0, 0.1) is 0 Å². The highest BCUT2D eigenvalue weighted by molar-refractivity contribution is 5.90. The summed E-state index contributed by atoms with van der Waals surface area (Å²) in [6.07, 6.45) is -0.963. The maximum absolute atomic E-state index is 10.9. The lowest BCUT2D eigenvalue weighted by atomic mass is 10.3. The number of ether oxygens (including phenoxy) is 1. The van der Waals surface area contributed by atoms with Crippen molar-refractivity contribution in [3.8, 4) is 5.75 Å². The molecule has 5 heteroatoms. The molecular weight excluding hydrogens is 210 g/mol. The third-order valence-corrected chi connectivity index (χ3v) is 1.85. The smallest absolute Gasteiger partial charge is 0.344 e. The molecule has 1 atom stereocenters. The number of benzene rings is 1. The minimum atomic E-state index is -1.06. The normalized spacial score (nSPS) is 11.6. The monoisotopic (exact) mass is 223 g/mol. The van der Waals surface area contributed by atoms with Crippen molar-refractivity contribution in [1.29, 1.82) is 0 Å². The van der Waals surface area contributed by atoms with Crippen molar-refractivity contribution in [3.05, 3.63) is 24.3 Å². The molecule has 0 aliphatic heterocycles. The van der Waals surface area contributed by atoms with Gasteiger partial charge in [0.25, 0.3) is 0 Å². The number of amides is 1. The van der Waals surface area contributed by atoms with Crippen molar-refractivity contribution in [3.63, 3.8) is 0 Å². The maximum Gasteiger partial charge on any atom is 0.344 e. The zero-order valence-electron chi connectivity index (χ0n) is 9.06. The Hall–Kier alpha value is -2.04. The molecule has 0 aromatic heterocycles. The van der Waals surface area contributed by atoms with E-state index in [4.69, 9.17) is 9.84 Å². The Bertz CT molecular complexity index is 403. The summed E-state index contributed by atoms with van der Waals surface area (Å²) >= 11 is 0. The Morgan fingerprint density at radius 3 is 2.56 bits per heavy atom. The number of nitrogens with one attached hydrogen (secondary N) is 1. The molecule has 5 nitrogen and oxygen atoms in total. The summed E-state index contributed by atoms with van der Waals surface area (Å²) in [5.41, 5.74) is 0.461. The van der Waals surface area contributed by atoms with Crippen LogP contribution in [0.1, 0.15) is 13.8 Å². The fourth-order valence-corrected chi connectivity index (χ4v) is 1.10. The highest BCUT2D eigenvalue weighted by atomic mass is 16.5. The first kappa shape index (κ1) is 12.0. The molecular formula is C11H13NO4. The van der Waals surface area contributed by atoms with Crippen LogP contribution < -0.4 is 10.1 Å². The van der Waals surface area contributed by atoms with Crippen molar-refractivity contribution >= 4 is 17.6 Å². The molecule has 0 fully saturated rings. The van der Waals surface area contributed by atoms with Crippen molar-refractivity contribution in [2.24, 2.45) is 0 Å². The van der Waals surface area contributed by atoms with Gasteiger partial charge in [0, 0.05) is 6.92 Å². The lowest BCUT2D eigenvalue weighted by Gasteiger charge is -2.14. The van der Waals surface area contributed by atoms with Crippen LogP contribution in [0.25, 0.3) is 0 Å². The number of anilines is 1. The molecule has 0 radical (unpaired) electrons. The van der Waals surface area contributed by atoms with E-state index in [9.17, 15) is 9.59 Å². The molecule has 1 rings (SSSR count). The molecule has 0 aliphatic rings. The van der Waals surface area contributed by atoms with Crippen LogP contribution in [0.3, 0.4) is 0 Å². The highest BCUT2D eigenvalue weighted by Crippen LogP contribution is 2.24. The minimum Gasteiger partial charge on any atom is -0.479 e. The summed E-state index contributed by atoms with van der Waals surface area (Å²) in [7, 11) is 0. The van der Waals surface area contributed by atoms with Crippen LogP contribution in [-0.2, 0) is 9.59 Å². The van der Waals surface area contributed by atoms with Gasteiger partial charge in [-0.25, -0.2) is 4.79 Å². The molecule has 2 N–H and O–H groups in total. The second-order valence-electron chi connectivity index (χ2n) is 3.28. The van der Waals surface area contributed by atoms with Crippen LogP contribution >= 0.6 is 0 Å². The first-order chi connectivity index (χ1) is 7.50. The molecule has 0 heterocycles. The van der Waals surface area contributed by atoms with E-state index in [1.165, 1.54) is 13.8 Å². The van der Waals surface area contributed by atoms with Crippen LogP contribution in [0.5, 0.6) is 5.75 Å². The first-order valence-electron chi connectivity index (χ1n) is 4.77. The summed E-state index contributed by atoms with van der Waals surface area (Å²) in [5.74, 6) is -0.954. The van der Waals surface area contributed by atoms with Gasteiger partial charge in [-0.1, -0.05) is 12.1 Å². The Morgan fingerprint density at radius 1 is 1.38 bits per heavy atom. The largest absolute Gasteiger partial charge is 0.479 e. The topological polar surface area (TPSA) is 75.6 Å². The van der Waals surface area contributed by atoms with E-state index in [0.717, 1.165) is 0 Å². The van der Waals surface area contributed by atoms with Gasteiger partial charge >= 0.3 is 5.97 Å². The van der Waals surface area contributed by atoms with E-state index >= 15 is 0 Å². The summed E-state index contributed by atoms with van der Waals surface area (Å²) in [4.78, 5) is 21.5. The zero-order valence-corrected chi connectivity index (χ0v) is 9.06. The highest BCUT2D eigenvalue weighted by Gasteiger charge is 2.14. The predicted octanol–water partition coefficient (Wildman–Crippen LogP) is 1.50. The summed E-state index contributed by atoms with van der Waals surface area (Å²) in [5, 5.41) is 11.3. The quantitative estimate of drug-likeness (QED) is 0.811. The third kappa shape index (κ3) is 3.27. The standard InChI is InChI=1S/C11H13NO4/c1-7(11(14)15)16-10-6-4-3-5-9(10)12-8(2)13/h3-7H,1-2H3,(H,12,13)(H,14,15)/t7-/m0/s1. The second-order valence-corrected chi connectivity index (χ2v) is 3.28. The van der Waals surface area contributed by atoms with Gasteiger partial charge < -0.3 is 15.2 Å². The zero-order chi connectivity index (χ0) is 12.1. The lowest BCUT2D eigenvalue weighted by Crippen LogP contribution is -2.23. The number of carboxylic acids is 1. The number of aliphatic carboxylic acids is 1. The van der Waals surface area contributed by atoms with Gasteiger partial charge in [-0.15, -0.1) is 0 Å². The molecule has 1 aromatic rings. The number of hydrogen-bond acceptors (Lipinski definition) is 3. The fraction of sp³-hybridized carbons (Fsp3) is 0.273. The molecule has 1 aromatic carbocycles. The summed E-state index contributed by atoms with van der Waals surface area (Å²) in [6, 6.07) is 6.68. The molecule has 1 amide bonds. The van der Waals surface area contributed by atoms with Crippen LogP contribution in [0.4, 0.5) is 5.69 Å². The average molecular weight is 223 g/mol. The molecule has 0 saturated carbocycles. The van der Waals surface area contributed by atoms with Crippen molar-refractivity contribution in [1.82, 2.24) is 0 Å². The molecule has 86 valence electrons. The lowest BCUT2D eigenvalue weighted by molar-refractivity contribution is -0.144. The van der Waals surface area contributed by atoms with Gasteiger partial charge in [0.15, 0.2) is 6.10 Å². The number of carboxylic acid groups (broad SMARTS) is 1. The number of rotatable bonds is 4. The van der Waals surface area contributed by atoms with Gasteiger partial charge in [0.05, 0.1) is 5.69 Å². The van der Waals surface area contributed by atoms with E-state index in [2.05, 4.69) is 5.32 Å². The minimum absolute atomic E-state index is 0.237. The van der Waals surface area contributed by atoms with Gasteiger partial charge in [-0.2, -0.15) is 0 Å². The van der Waals surface area contributed by atoms with E-state index in [0.29, 0.717) is 11.4 Å². The van der Waals surface area contributed by atoms with Crippen LogP contribution in [-0.4, -0.2) is 23.1 Å². The van der Waals surface area contributed by atoms with Gasteiger partial charge in [0.1, 0.15) is 5.75 Å². The van der Waals surface area contributed by atoms with Crippen molar-refractivity contribution < 1.29 is 19.4 Å². The number of para-hydroxylation sites is 2. The molecule has 0 bridgehead atoms. The first-order valence-corrected chi connectivity index (χ1v) is 4.77. The third-order valence-electron chi connectivity index (χ3n) is 1.85. The van der Waals surface area contributed by atoms with Crippen molar-refractivity contribution in [2.75, 3.05) is 5.32 Å². The maximum atomic E-state index is 10.9. The van der Waals surface area contributed by atoms with E-state index < -0.39 is 12.1 Å². The molecule has 0 aliphatic carbocycles. The molecule has 0 saturated heterocycles. The second kappa shape index (κ2) is 5.16. The van der Waals surface area contributed by atoms with Gasteiger partial charge in [-0.3, -0.25) is 4.79 Å². The number of carbonyl (C=O) groups excluding carboxylic acids is 1. The van der Waals surface area contributed by atoms with Gasteiger partial charge in [0.2, 0.25) is 5.91 Å². The van der Waals surface area contributed by atoms with E-state index in [-0.39, 0.29) is 5.91 Å². The van der Waals surface area contributed by atoms with Crippen molar-refractivity contribution in [2.45, 2.75) is 20.0 Å². The Kier molecular flexibility index (Phi) is 3.88. The average Bonchev–Trinajstić information content (AvgIpc) is 2.20. The summed E-state index contributed by atoms with van der Waals surface area (Å²) in [6.45, 7) is 2.80. The SMILES string of the molecule is CC(=O)Nc1ccccc1O[C@@H](C)C(=O)O. The fourth-order valence-electron chi connectivity index (χ4n) is 1.10. The number of carbonyl (C=O) groups is 2. The van der Waals surface area contributed by atoms with Crippen LogP contribution in [0.15, 0.2) is 24.3 Å². The Balaban J connectivity index is 2.86. The molecule has 0 unspecified atom stereocenters.